The third kappa shape index (κ3) is 4.89. The number of carbonyl (C=O) groups excluding carboxylic acids is 1. The predicted molar refractivity (Wildman–Crippen MR) is 98.2 cm³/mol. The molecule has 0 N–H and O–H groups in total. The first kappa shape index (κ1) is 20.3. The summed E-state index contributed by atoms with van der Waals surface area (Å²) < 4.78 is 38.2. The van der Waals surface area contributed by atoms with Crippen LogP contribution in [0.1, 0.15) is 24.1 Å². The molecule has 1 aliphatic rings. The van der Waals surface area contributed by atoms with Crippen molar-refractivity contribution in [1.29, 1.82) is 0 Å². The lowest BCUT2D eigenvalue weighted by atomic mass is 10.1. The van der Waals surface area contributed by atoms with E-state index in [0.29, 0.717) is 42.7 Å². The van der Waals surface area contributed by atoms with Crippen LogP contribution in [-0.4, -0.2) is 58.3 Å². The Morgan fingerprint density at radius 1 is 1.14 bits per heavy atom. The van der Waals surface area contributed by atoms with E-state index in [1.54, 1.807) is 17.0 Å². The molecular weight excluding hydrogens is 395 g/mol. The minimum atomic E-state index is -4.33. The van der Waals surface area contributed by atoms with Crippen molar-refractivity contribution in [2.24, 2.45) is 0 Å². The summed E-state index contributed by atoms with van der Waals surface area (Å²) in [5.74, 6) is -1.02. The molecule has 0 aromatic carbocycles. The van der Waals surface area contributed by atoms with Crippen LogP contribution in [0, 0.1) is 0 Å². The van der Waals surface area contributed by atoms with E-state index in [2.05, 4.69) is 15.2 Å². The highest BCUT2D eigenvalue weighted by Gasteiger charge is 2.37. The van der Waals surface area contributed by atoms with Gasteiger partial charge in [-0.25, -0.2) is 0 Å². The third-order valence-corrected chi connectivity index (χ3v) is 4.91. The number of piperazine rings is 1. The first-order chi connectivity index (χ1) is 13.2. The summed E-state index contributed by atoms with van der Waals surface area (Å²) in [6.07, 6.45) is -2.89. The lowest BCUT2D eigenvalue weighted by molar-refractivity contribution is -0.147. The molecule has 10 heteroatoms. The van der Waals surface area contributed by atoms with Gasteiger partial charge >= 0.3 is 6.18 Å². The molecule has 1 saturated heterocycles. The van der Waals surface area contributed by atoms with Crippen molar-refractivity contribution in [3.05, 3.63) is 46.9 Å². The Morgan fingerprint density at radius 2 is 1.86 bits per heavy atom. The van der Waals surface area contributed by atoms with Gasteiger partial charge in [0.1, 0.15) is 0 Å². The number of pyridine rings is 1. The van der Waals surface area contributed by atoms with Crippen LogP contribution in [0.4, 0.5) is 19.0 Å². The Morgan fingerprint density at radius 3 is 2.39 bits per heavy atom. The molecule has 0 saturated carbocycles. The zero-order valence-corrected chi connectivity index (χ0v) is 15.9. The van der Waals surface area contributed by atoms with Gasteiger partial charge in [-0.05, 0) is 30.7 Å². The first-order valence-corrected chi connectivity index (χ1v) is 9.15. The van der Waals surface area contributed by atoms with Gasteiger partial charge in [0.05, 0.1) is 18.0 Å². The van der Waals surface area contributed by atoms with Crippen molar-refractivity contribution in [3.63, 3.8) is 0 Å². The molecule has 0 radical (unpaired) electrons. The summed E-state index contributed by atoms with van der Waals surface area (Å²) in [6.45, 7) is 3.35. The van der Waals surface area contributed by atoms with Crippen LogP contribution in [0.2, 0.25) is 5.15 Å². The van der Waals surface area contributed by atoms with Gasteiger partial charge in [-0.3, -0.25) is 9.78 Å². The Hall–Kier alpha value is -2.42. The summed E-state index contributed by atoms with van der Waals surface area (Å²) in [4.78, 5) is 20.1. The van der Waals surface area contributed by atoms with Crippen molar-refractivity contribution >= 4 is 23.3 Å². The van der Waals surface area contributed by atoms with Crippen molar-refractivity contribution in [1.82, 2.24) is 20.1 Å². The molecule has 1 unspecified atom stereocenters. The summed E-state index contributed by atoms with van der Waals surface area (Å²) in [5.41, 5.74) is 0.538. The molecule has 3 heterocycles. The number of halogens is 4. The van der Waals surface area contributed by atoms with E-state index in [9.17, 15) is 18.0 Å². The van der Waals surface area contributed by atoms with Gasteiger partial charge in [-0.2, -0.15) is 13.2 Å². The molecule has 2 aromatic heterocycles. The fourth-order valence-electron chi connectivity index (χ4n) is 2.91. The number of alkyl halides is 3. The maximum absolute atomic E-state index is 12.7. The second-order valence-electron chi connectivity index (χ2n) is 6.61. The van der Waals surface area contributed by atoms with Gasteiger partial charge in [0, 0.05) is 32.4 Å². The van der Waals surface area contributed by atoms with Crippen molar-refractivity contribution in [3.8, 4) is 0 Å². The highest BCUT2D eigenvalue weighted by atomic mass is 35.5. The van der Waals surface area contributed by atoms with Gasteiger partial charge < -0.3 is 9.80 Å². The zero-order valence-electron chi connectivity index (χ0n) is 15.2. The second kappa shape index (κ2) is 8.30. The first-order valence-electron chi connectivity index (χ1n) is 8.77. The molecular formula is C18H19ClF3N5O. The van der Waals surface area contributed by atoms with Crippen molar-refractivity contribution in [2.75, 3.05) is 31.1 Å². The molecule has 0 aliphatic carbocycles. The van der Waals surface area contributed by atoms with E-state index < -0.39 is 12.1 Å². The summed E-state index contributed by atoms with van der Waals surface area (Å²) in [7, 11) is 0. The topological polar surface area (TPSA) is 62.2 Å². The fraction of sp³-hybridized carbons (Fsp3) is 0.444. The second-order valence-corrected chi connectivity index (χ2v) is 7.00. The molecule has 28 heavy (non-hydrogen) atoms. The molecule has 3 rings (SSSR count). The van der Waals surface area contributed by atoms with Gasteiger partial charge in [0.25, 0.3) is 0 Å². The largest absolute Gasteiger partial charge is 0.396 e. The number of anilines is 1. The highest BCUT2D eigenvalue weighted by Crippen LogP contribution is 2.33. The van der Waals surface area contributed by atoms with Crippen molar-refractivity contribution in [2.45, 2.75) is 25.4 Å². The number of aromatic nitrogens is 3. The molecule has 0 bridgehead atoms. The van der Waals surface area contributed by atoms with E-state index in [-0.39, 0.29) is 18.0 Å². The summed E-state index contributed by atoms with van der Waals surface area (Å²) >= 11 is 5.74. The quantitative estimate of drug-likeness (QED) is 0.770. The number of amides is 1. The number of hydrogen-bond donors (Lipinski definition) is 0. The van der Waals surface area contributed by atoms with E-state index in [4.69, 9.17) is 11.6 Å². The van der Waals surface area contributed by atoms with Crippen LogP contribution in [0.25, 0.3) is 0 Å². The average Bonchev–Trinajstić information content (AvgIpc) is 2.68. The van der Waals surface area contributed by atoms with Gasteiger partial charge in [0.15, 0.2) is 11.0 Å². The van der Waals surface area contributed by atoms with E-state index >= 15 is 0 Å². The molecule has 150 valence electrons. The Labute approximate surface area is 165 Å². The number of hydrogen-bond acceptors (Lipinski definition) is 5. The Balaban J connectivity index is 1.54. The Kier molecular flexibility index (Phi) is 6.02. The van der Waals surface area contributed by atoms with Crippen LogP contribution in [0.15, 0.2) is 30.5 Å². The van der Waals surface area contributed by atoms with Crippen LogP contribution in [0.5, 0.6) is 0 Å². The average molecular weight is 414 g/mol. The smallest absolute Gasteiger partial charge is 0.352 e. The highest BCUT2D eigenvalue weighted by molar-refractivity contribution is 6.29. The predicted octanol–water partition coefficient (Wildman–Crippen LogP) is 3.08. The van der Waals surface area contributed by atoms with Gasteiger partial charge in [-0.1, -0.05) is 17.7 Å². The molecule has 1 atom stereocenters. The minimum Gasteiger partial charge on any atom is -0.352 e. The number of rotatable bonds is 4. The zero-order chi connectivity index (χ0) is 20.3. The lowest BCUT2D eigenvalue weighted by Crippen LogP contribution is -2.49. The van der Waals surface area contributed by atoms with E-state index in [1.165, 1.54) is 18.3 Å². The molecule has 0 spiro atoms. The van der Waals surface area contributed by atoms with Crippen LogP contribution < -0.4 is 4.90 Å². The maximum atomic E-state index is 12.7. The van der Waals surface area contributed by atoms with E-state index in [1.807, 2.05) is 4.90 Å². The molecule has 6 nitrogen and oxygen atoms in total. The summed E-state index contributed by atoms with van der Waals surface area (Å²) in [5, 5.41) is 8.17. The van der Waals surface area contributed by atoms with Gasteiger partial charge in [0.2, 0.25) is 5.91 Å². The maximum Gasteiger partial charge on any atom is 0.396 e. The monoisotopic (exact) mass is 413 g/mol. The number of carbonyl (C=O) groups is 1. The van der Waals surface area contributed by atoms with Crippen LogP contribution in [0.3, 0.4) is 0 Å². The number of nitrogens with zero attached hydrogens (tertiary/aromatic N) is 5. The molecule has 1 fully saturated rings. The van der Waals surface area contributed by atoms with Crippen LogP contribution in [-0.2, 0) is 11.2 Å². The lowest BCUT2D eigenvalue weighted by Gasteiger charge is -2.35. The van der Waals surface area contributed by atoms with Gasteiger partial charge in [-0.15, -0.1) is 10.2 Å². The molecule has 2 aromatic rings. The normalized spacial score (nSPS) is 16.2. The molecule has 1 amide bonds. The van der Waals surface area contributed by atoms with Crippen LogP contribution >= 0.6 is 11.6 Å². The standard InChI is InChI=1S/C18H19ClF3N5O/c1-12(18(20,21)22)14-3-2-13(11-23-14)10-17(28)27-8-6-26(7-9-27)16-5-4-15(19)24-25-16/h2-5,11-12H,6-10H2,1H3. The van der Waals surface area contributed by atoms with E-state index in [0.717, 1.165) is 6.92 Å². The third-order valence-electron chi connectivity index (χ3n) is 4.71. The fourth-order valence-corrected chi connectivity index (χ4v) is 3.01. The molecule has 1 aliphatic heterocycles. The summed E-state index contributed by atoms with van der Waals surface area (Å²) in [6, 6.07) is 6.31. The van der Waals surface area contributed by atoms with Crippen molar-refractivity contribution < 1.29 is 18.0 Å². The SMILES string of the molecule is CC(c1ccc(CC(=O)N2CCN(c3ccc(Cl)nn3)CC2)cn1)C(F)(F)F. The Bertz CT molecular complexity index is 805. The minimum absolute atomic E-state index is 0.0543.